The van der Waals surface area contributed by atoms with Gasteiger partial charge in [-0.05, 0) is 47.9 Å². The van der Waals surface area contributed by atoms with Crippen molar-refractivity contribution in [1.29, 1.82) is 0 Å². The lowest BCUT2D eigenvalue weighted by atomic mass is 10.0. The average molecular weight is 341 g/mol. The summed E-state index contributed by atoms with van der Waals surface area (Å²) in [4.78, 5) is 16.2. The lowest BCUT2D eigenvalue weighted by Gasteiger charge is -2.12. The fourth-order valence-corrected chi connectivity index (χ4v) is 3.81. The Morgan fingerprint density at radius 2 is 1.81 bits per heavy atom. The van der Waals surface area contributed by atoms with Crippen molar-refractivity contribution in [3.8, 4) is 16.8 Å². The molecule has 26 heavy (non-hydrogen) atoms. The highest BCUT2D eigenvalue weighted by molar-refractivity contribution is 5.86. The van der Waals surface area contributed by atoms with Crippen LogP contribution in [0.2, 0.25) is 0 Å². The van der Waals surface area contributed by atoms with Gasteiger partial charge in [-0.15, -0.1) is 0 Å². The van der Waals surface area contributed by atoms with E-state index in [9.17, 15) is 4.79 Å². The number of benzene rings is 2. The van der Waals surface area contributed by atoms with Gasteiger partial charge in [0.1, 0.15) is 0 Å². The van der Waals surface area contributed by atoms with Crippen molar-refractivity contribution >= 4 is 10.9 Å². The number of aromatic nitrogens is 2. The standard InChI is InChI=1S/C22H19N3O/c26-22-12-16(15-4-2-1-3-5-15)9-11-25(22)17-6-7-18-19-8-10-23-14-21(19)24-20(18)13-17/h1-7,9,11-13,23-24H,8,10,14H2. The normalized spacial score (nSPS) is 13.7. The Labute approximate surface area is 151 Å². The van der Waals surface area contributed by atoms with E-state index in [0.717, 1.165) is 41.8 Å². The first-order valence-corrected chi connectivity index (χ1v) is 8.92. The van der Waals surface area contributed by atoms with Gasteiger partial charge >= 0.3 is 0 Å². The molecule has 3 heterocycles. The van der Waals surface area contributed by atoms with Crippen LogP contribution in [0.25, 0.3) is 27.7 Å². The van der Waals surface area contributed by atoms with Crippen LogP contribution in [0.1, 0.15) is 11.3 Å². The van der Waals surface area contributed by atoms with Gasteiger partial charge < -0.3 is 10.3 Å². The van der Waals surface area contributed by atoms with Crippen molar-refractivity contribution in [2.24, 2.45) is 0 Å². The summed E-state index contributed by atoms with van der Waals surface area (Å²) < 4.78 is 1.70. The minimum Gasteiger partial charge on any atom is -0.357 e. The van der Waals surface area contributed by atoms with Crippen LogP contribution in [0.3, 0.4) is 0 Å². The summed E-state index contributed by atoms with van der Waals surface area (Å²) in [5.74, 6) is 0. The van der Waals surface area contributed by atoms with Crippen LogP contribution in [-0.4, -0.2) is 16.1 Å². The smallest absolute Gasteiger partial charge is 0.255 e. The number of nitrogens with zero attached hydrogens (tertiary/aromatic N) is 1. The first-order chi connectivity index (χ1) is 12.8. The molecule has 5 rings (SSSR count). The summed E-state index contributed by atoms with van der Waals surface area (Å²) in [7, 11) is 0. The third-order valence-corrected chi connectivity index (χ3v) is 5.14. The molecule has 2 N–H and O–H groups in total. The molecule has 0 spiro atoms. The Kier molecular flexibility index (Phi) is 3.50. The van der Waals surface area contributed by atoms with E-state index in [2.05, 4.69) is 22.4 Å². The van der Waals surface area contributed by atoms with Gasteiger partial charge in [0, 0.05) is 35.4 Å². The number of fused-ring (bicyclic) bond motifs is 3. The lowest BCUT2D eigenvalue weighted by Crippen LogP contribution is -2.22. The number of hydrogen-bond donors (Lipinski definition) is 2. The third-order valence-electron chi connectivity index (χ3n) is 5.14. The van der Waals surface area contributed by atoms with Gasteiger partial charge in [-0.25, -0.2) is 0 Å². The number of nitrogens with one attached hydrogen (secondary N) is 2. The minimum absolute atomic E-state index is 0.0244. The minimum atomic E-state index is -0.0244. The Morgan fingerprint density at radius 3 is 2.65 bits per heavy atom. The first-order valence-electron chi connectivity index (χ1n) is 8.92. The highest BCUT2D eigenvalue weighted by Crippen LogP contribution is 2.27. The van der Waals surface area contributed by atoms with Crippen LogP contribution in [0.5, 0.6) is 0 Å². The molecule has 1 aliphatic rings. The van der Waals surface area contributed by atoms with Crippen LogP contribution >= 0.6 is 0 Å². The van der Waals surface area contributed by atoms with Crippen LogP contribution < -0.4 is 10.9 Å². The molecule has 0 saturated heterocycles. The zero-order valence-electron chi connectivity index (χ0n) is 14.3. The molecule has 4 aromatic rings. The molecule has 0 radical (unpaired) electrons. The van der Waals surface area contributed by atoms with Gasteiger partial charge in [-0.2, -0.15) is 0 Å². The van der Waals surface area contributed by atoms with Crippen LogP contribution in [-0.2, 0) is 13.0 Å². The summed E-state index contributed by atoms with van der Waals surface area (Å²) in [6.45, 7) is 1.90. The average Bonchev–Trinajstić information content (AvgIpc) is 3.06. The molecule has 1 aliphatic heterocycles. The zero-order valence-corrected chi connectivity index (χ0v) is 14.3. The fraction of sp³-hybridized carbons (Fsp3) is 0.136. The van der Waals surface area contributed by atoms with Gasteiger partial charge in [0.25, 0.3) is 5.56 Å². The predicted molar refractivity (Wildman–Crippen MR) is 105 cm³/mol. The van der Waals surface area contributed by atoms with E-state index in [4.69, 9.17) is 0 Å². The molecule has 0 unspecified atom stereocenters. The molecule has 0 bridgehead atoms. The van der Waals surface area contributed by atoms with Gasteiger partial charge in [0.15, 0.2) is 0 Å². The Bertz CT molecular complexity index is 1160. The van der Waals surface area contributed by atoms with Crippen molar-refractivity contribution in [1.82, 2.24) is 14.9 Å². The molecular weight excluding hydrogens is 322 g/mol. The van der Waals surface area contributed by atoms with Crippen LogP contribution in [0.4, 0.5) is 0 Å². The van der Waals surface area contributed by atoms with E-state index in [1.54, 1.807) is 10.6 Å². The maximum Gasteiger partial charge on any atom is 0.255 e. The van der Waals surface area contributed by atoms with Crippen molar-refractivity contribution in [2.75, 3.05) is 6.54 Å². The van der Waals surface area contributed by atoms with Crippen LogP contribution in [0, 0.1) is 0 Å². The summed E-state index contributed by atoms with van der Waals surface area (Å²) in [6.07, 6.45) is 2.90. The summed E-state index contributed by atoms with van der Waals surface area (Å²) in [6, 6.07) is 19.9. The third kappa shape index (κ3) is 2.47. The second-order valence-corrected chi connectivity index (χ2v) is 6.73. The molecule has 128 valence electrons. The molecule has 2 aromatic heterocycles. The Hall–Kier alpha value is -3.11. The van der Waals surface area contributed by atoms with Crippen molar-refractivity contribution in [3.63, 3.8) is 0 Å². The Balaban J connectivity index is 1.58. The van der Waals surface area contributed by atoms with Gasteiger partial charge in [-0.1, -0.05) is 36.4 Å². The van der Waals surface area contributed by atoms with Gasteiger partial charge in [0.2, 0.25) is 0 Å². The van der Waals surface area contributed by atoms with Gasteiger partial charge in [-0.3, -0.25) is 9.36 Å². The van der Waals surface area contributed by atoms with E-state index < -0.39 is 0 Å². The second-order valence-electron chi connectivity index (χ2n) is 6.73. The number of rotatable bonds is 2. The van der Waals surface area contributed by atoms with E-state index >= 15 is 0 Å². The molecule has 0 saturated carbocycles. The van der Waals surface area contributed by atoms with E-state index in [1.807, 2.05) is 48.7 Å². The number of aromatic amines is 1. The summed E-state index contributed by atoms with van der Waals surface area (Å²) in [5.41, 5.74) is 6.60. The van der Waals surface area contributed by atoms with Crippen molar-refractivity contribution in [2.45, 2.75) is 13.0 Å². The first kappa shape index (κ1) is 15.2. The molecule has 4 heteroatoms. The molecule has 0 amide bonds. The maximum absolute atomic E-state index is 12.7. The zero-order chi connectivity index (χ0) is 17.5. The number of hydrogen-bond acceptors (Lipinski definition) is 2. The van der Waals surface area contributed by atoms with E-state index in [1.165, 1.54) is 16.6 Å². The highest BCUT2D eigenvalue weighted by Gasteiger charge is 2.15. The summed E-state index contributed by atoms with van der Waals surface area (Å²) >= 11 is 0. The molecular formula is C22H19N3O. The van der Waals surface area contributed by atoms with Crippen molar-refractivity contribution < 1.29 is 0 Å². The molecule has 0 fully saturated rings. The molecule has 2 aromatic carbocycles. The fourth-order valence-electron chi connectivity index (χ4n) is 3.81. The number of H-pyrrole nitrogens is 1. The topological polar surface area (TPSA) is 49.8 Å². The largest absolute Gasteiger partial charge is 0.357 e. The predicted octanol–water partition coefficient (Wildman–Crippen LogP) is 3.63. The monoisotopic (exact) mass is 341 g/mol. The van der Waals surface area contributed by atoms with Gasteiger partial charge in [0.05, 0.1) is 5.69 Å². The quantitative estimate of drug-likeness (QED) is 0.585. The lowest BCUT2D eigenvalue weighted by molar-refractivity contribution is 0.637. The highest BCUT2D eigenvalue weighted by atomic mass is 16.1. The van der Waals surface area contributed by atoms with E-state index in [-0.39, 0.29) is 5.56 Å². The molecule has 0 atom stereocenters. The summed E-state index contributed by atoms with van der Waals surface area (Å²) in [5, 5.41) is 4.66. The SMILES string of the molecule is O=c1cc(-c2ccccc2)ccn1-c1ccc2c3c([nH]c2c1)CNCC3. The molecule has 0 aliphatic carbocycles. The van der Waals surface area contributed by atoms with Crippen LogP contribution in [0.15, 0.2) is 71.7 Å². The van der Waals surface area contributed by atoms with Crippen molar-refractivity contribution in [3.05, 3.63) is 88.5 Å². The van der Waals surface area contributed by atoms with E-state index in [0.29, 0.717) is 0 Å². The Morgan fingerprint density at radius 1 is 0.923 bits per heavy atom. The second kappa shape index (κ2) is 6.00. The number of pyridine rings is 1. The molecule has 4 nitrogen and oxygen atoms in total. The maximum atomic E-state index is 12.7.